The molecule has 0 bridgehead atoms. The average Bonchev–Trinajstić information content (AvgIpc) is 3.63. The molecule has 2 aromatic carbocycles. The van der Waals surface area contributed by atoms with Crippen molar-refractivity contribution in [3.05, 3.63) is 98.5 Å². The van der Waals surface area contributed by atoms with Crippen molar-refractivity contribution in [3.8, 4) is 17.6 Å². The first-order chi connectivity index (χ1) is 23.1. The van der Waals surface area contributed by atoms with Gasteiger partial charge in [-0.05, 0) is 75.7 Å². The zero-order chi connectivity index (χ0) is 33.8. The van der Waals surface area contributed by atoms with Crippen LogP contribution in [0.4, 0.5) is 5.13 Å². The maximum Gasteiger partial charge on any atom is 0.355 e. The van der Waals surface area contributed by atoms with E-state index in [9.17, 15) is 14.7 Å². The van der Waals surface area contributed by atoms with Crippen LogP contribution in [-0.4, -0.2) is 76.6 Å². The Hall–Kier alpha value is -4.08. The number of aromatic carboxylic acids is 1. The number of amides is 1. The fraction of sp³-hybridized carbons (Fsp3) is 0.333. The Morgan fingerprint density at radius 3 is 2.88 bits per heavy atom. The molecule has 2 N–H and O–H groups in total. The van der Waals surface area contributed by atoms with Gasteiger partial charge >= 0.3 is 5.97 Å². The molecule has 0 spiro atoms. The first kappa shape index (κ1) is 33.8. The lowest BCUT2D eigenvalue weighted by Gasteiger charge is -2.29. The van der Waals surface area contributed by atoms with Crippen molar-refractivity contribution < 1.29 is 19.4 Å². The summed E-state index contributed by atoms with van der Waals surface area (Å²) in [5, 5.41) is 14.9. The van der Waals surface area contributed by atoms with Gasteiger partial charge in [-0.25, -0.2) is 9.78 Å². The number of halogens is 1. The van der Waals surface area contributed by atoms with E-state index >= 15 is 0 Å². The number of aliphatic imine (C=N–C) groups is 1. The number of nitrogens with zero attached hydrogens (tertiary/aromatic N) is 4. The highest BCUT2D eigenvalue weighted by Crippen LogP contribution is 2.39. The fourth-order valence-electron chi connectivity index (χ4n) is 5.73. The lowest BCUT2D eigenvalue weighted by Crippen LogP contribution is -2.34. The lowest BCUT2D eigenvalue weighted by atomic mass is 9.94. The van der Waals surface area contributed by atoms with Crippen LogP contribution in [0.5, 0.6) is 5.75 Å². The molecule has 9 nitrogen and oxygen atoms in total. The first-order valence-corrected chi connectivity index (χ1v) is 17.8. The summed E-state index contributed by atoms with van der Waals surface area (Å²) >= 11 is 9.36. The number of aryl methyl sites for hydroxylation is 1. The highest BCUT2D eigenvalue weighted by Gasteiger charge is 2.39. The van der Waals surface area contributed by atoms with Crippen LogP contribution in [-0.2, 0) is 19.4 Å². The zero-order valence-corrected chi connectivity index (χ0v) is 29.3. The van der Waals surface area contributed by atoms with Crippen LogP contribution in [0.25, 0.3) is 0 Å². The van der Waals surface area contributed by atoms with Gasteiger partial charge in [-0.3, -0.25) is 14.7 Å². The first-order valence-electron chi connectivity index (χ1n) is 15.7. The molecule has 3 aliphatic rings. The Labute approximate surface area is 293 Å². The van der Waals surface area contributed by atoms with Crippen LogP contribution in [0, 0.1) is 11.8 Å². The third kappa shape index (κ3) is 7.63. The van der Waals surface area contributed by atoms with Crippen LogP contribution in [0.15, 0.2) is 65.7 Å². The number of aromatic nitrogens is 1. The number of fused-ring (bicyclic) bond motifs is 2. The molecular weight excluding hydrogens is 666 g/mol. The average molecular weight is 702 g/mol. The van der Waals surface area contributed by atoms with E-state index in [0.29, 0.717) is 77.0 Å². The van der Waals surface area contributed by atoms with Crippen LogP contribution < -0.4 is 15.0 Å². The number of ether oxygens (including phenoxy) is 1. The molecule has 1 aliphatic carbocycles. The van der Waals surface area contributed by atoms with Gasteiger partial charge in [-0.15, -0.1) is 11.3 Å². The molecule has 0 saturated carbocycles. The van der Waals surface area contributed by atoms with Crippen molar-refractivity contribution in [1.82, 2.24) is 15.2 Å². The molecule has 0 fully saturated rings. The van der Waals surface area contributed by atoms with Gasteiger partial charge in [0.05, 0.1) is 29.0 Å². The molecule has 48 heavy (non-hydrogen) atoms. The van der Waals surface area contributed by atoms with Gasteiger partial charge in [0.2, 0.25) is 0 Å². The van der Waals surface area contributed by atoms with Gasteiger partial charge in [-0.2, -0.15) is 0 Å². The predicted octanol–water partition coefficient (Wildman–Crippen LogP) is 6.07. The topological polar surface area (TPSA) is 107 Å². The van der Waals surface area contributed by atoms with Crippen LogP contribution >= 0.6 is 34.7 Å². The molecule has 3 aromatic rings. The SMILES string of the molecule is CN(C)CC#Cc1ccc(OCCCc2sc(N3CCc4cccc(C(=O)NC5=NC6(C)C=CC=CC6S5)c4C3)nc2C(=O)O)c(Cl)c1. The number of allylic oxidation sites excluding steroid dienone is 2. The number of hydrogen-bond acceptors (Lipinski definition) is 9. The van der Waals surface area contributed by atoms with Gasteiger partial charge in [0.15, 0.2) is 16.0 Å². The molecule has 1 amide bonds. The smallest absolute Gasteiger partial charge is 0.355 e. The molecule has 248 valence electrons. The lowest BCUT2D eigenvalue weighted by molar-refractivity contribution is 0.0689. The van der Waals surface area contributed by atoms with Gasteiger partial charge < -0.3 is 20.1 Å². The predicted molar refractivity (Wildman–Crippen MR) is 194 cm³/mol. The second-order valence-electron chi connectivity index (χ2n) is 12.2. The summed E-state index contributed by atoms with van der Waals surface area (Å²) in [7, 11) is 3.92. The van der Waals surface area contributed by atoms with Gasteiger partial charge in [0, 0.05) is 29.1 Å². The van der Waals surface area contributed by atoms with Crippen molar-refractivity contribution in [2.45, 2.75) is 43.5 Å². The second-order valence-corrected chi connectivity index (χ2v) is 14.8. The summed E-state index contributed by atoms with van der Waals surface area (Å²) in [5.41, 5.74) is 3.11. The van der Waals surface area contributed by atoms with Crippen LogP contribution in [0.3, 0.4) is 0 Å². The molecule has 2 aliphatic heterocycles. The third-order valence-corrected chi connectivity index (χ3v) is 11.0. The normalized spacial score (nSPS) is 19.3. The summed E-state index contributed by atoms with van der Waals surface area (Å²) in [5.74, 6) is 5.48. The molecule has 2 unspecified atom stereocenters. The minimum absolute atomic E-state index is 0.0554. The molecule has 2 atom stereocenters. The number of amidine groups is 1. The number of carbonyl (C=O) groups is 2. The Balaban J connectivity index is 1.10. The number of nitrogens with one attached hydrogen (secondary N) is 1. The van der Waals surface area contributed by atoms with E-state index in [4.69, 9.17) is 21.3 Å². The Morgan fingerprint density at radius 1 is 1.25 bits per heavy atom. The Morgan fingerprint density at radius 2 is 2.10 bits per heavy atom. The molecule has 12 heteroatoms. The number of rotatable bonds is 9. The summed E-state index contributed by atoms with van der Waals surface area (Å²) in [6.45, 7) is 4.20. The number of carbonyl (C=O) groups excluding carboxylic acids is 1. The summed E-state index contributed by atoms with van der Waals surface area (Å²) < 4.78 is 5.92. The minimum Gasteiger partial charge on any atom is -0.492 e. The van der Waals surface area contributed by atoms with E-state index in [1.54, 1.807) is 23.9 Å². The zero-order valence-electron chi connectivity index (χ0n) is 27.0. The van der Waals surface area contributed by atoms with Crippen LogP contribution in [0.1, 0.15) is 55.8 Å². The quantitative estimate of drug-likeness (QED) is 0.205. The molecule has 0 saturated heterocycles. The van der Waals surface area contributed by atoms with Gasteiger partial charge in [0.1, 0.15) is 5.75 Å². The standard InChI is InChI=1S/C36H36ClN5O4S2/c1-36-17-5-4-13-30(36)48-34(40-36)39-32(43)25-11-6-10-24-16-19-42(22-26(24)25)35-38-31(33(44)45)29(47-35)12-8-20-46-28-15-14-23(21-27(28)37)9-7-18-41(2)3/h4-6,10-11,13-15,17,21,30H,8,12,16,18-20,22H2,1-3H3,(H,44,45)(H,39,40,43). The van der Waals surface area contributed by atoms with E-state index in [0.717, 1.165) is 16.7 Å². The number of carboxylic acids is 1. The van der Waals surface area contributed by atoms with Crippen molar-refractivity contribution in [2.75, 3.05) is 38.7 Å². The number of anilines is 1. The van der Waals surface area contributed by atoms with Gasteiger partial charge in [-0.1, -0.05) is 71.6 Å². The number of hydrogen-bond donors (Lipinski definition) is 2. The fourth-order valence-corrected chi connectivity index (χ4v) is 8.26. The highest BCUT2D eigenvalue weighted by atomic mass is 35.5. The van der Waals surface area contributed by atoms with E-state index in [1.807, 2.05) is 55.4 Å². The minimum atomic E-state index is -1.06. The van der Waals surface area contributed by atoms with Crippen molar-refractivity contribution in [3.63, 3.8) is 0 Å². The van der Waals surface area contributed by atoms with Crippen LogP contribution in [0.2, 0.25) is 5.02 Å². The maximum absolute atomic E-state index is 13.5. The van der Waals surface area contributed by atoms with Crippen molar-refractivity contribution in [2.24, 2.45) is 4.99 Å². The number of thiazole rings is 1. The molecule has 3 heterocycles. The summed E-state index contributed by atoms with van der Waals surface area (Å²) in [4.78, 5) is 39.8. The van der Waals surface area contributed by atoms with Gasteiger partial charge in [0.25, 0.3) is 5.91 Å². The number of thioether (sulfide) groups is 1. The van der Waals surface area contributed by atoms with E-state index < -0.39 is 5.97 Å². The van der Waals surface area contributed by atoms with Crippen molar-refractivity contribution >= 4 is 56.9 Å². The molecular formula is C36H36ClN5O4S2. The van der Waals surface area contributed by atoms with E-state index in [1.165, 1.54) is 11.3 Å². The monoisotopic (exact) mass is 701 g/mol. The third-order valence-electron chi connectivity index (χ3n) is 8.25. The summed E-state index contributed by atoms with van der Waals surface area (Å²) in [6, 6.07) is 11.3. The largest absolute Gasteiger partial charge is 0.492 e. The number of carboxylic acid groups (broad SMARTS) is 1. The van der Waals surface area contributed by atoms with Crippen molar-refractivity contribution in [1.29, 1.82) is 0 Å². The number of benzene rings is 2. The molecule has 1 aromatic heterocycles. The van der Waals surface area contributed by atoms with E-state index in [2.05, 4.69) is 46.1 Å². The Kier molecular flexibility index (Phi) is 10.3. The molecule has 6 rings (SSSR count). The Bertz CT molecular complexity index is 1890. The maximum atomic E-state index is 13.5. The highest BCUT2D eigenvalue weighted by molar-refractivity contribution is 8.14. The van der Waals surface area contributed by atoms with E-state index in [-0.39, 0.29) is 22.4 Å². The molecule has 0 radical (unpaired) electrons. The second kappa shape index (κ2) is 14.6. The summed E-state index contributed by atoms with van der Waals surface area (Å²) in [6.07, 6.45) is 9.96.